The molecule has 1 aliphatic heterocycles. The molecule has 0 atom stereocenters. The second-order valence-electron chi connectivity index (χ2n) is 5.73. The lowest BCUT2D eigenvalue weighted by Crippen LogP contribution is -2.29. The molecule has 1 saturated heterocycles. The summed E-state index contributed by atoms with van der Waals surface area (Å²) < 4.78 is 0. The van der Waals surface area contributed by atoms with E-state index in [0.29, 0.717) is 0 Å². The third kappa shape index (κ3) is 5.19. The van der Waals surface area contributed by atoms with Crippen molar-refractivity contribution in [3.8, 4) is 0 Å². The topological polar surface area (TPSA) is 31.4 Å². The molecular weight excluding hydrogens is 248 g/mol. The predicted octanol–water partition coefficient (Wildman–Crippen LogP) is 1.72. The highest BCUT2D eigenvalue weighted by Gasteiger charge is 2.12. The lowest BCUT2D eigenvalue weighted by Gasteiger charge is -2.19. The molecular formula is C16H28N4. The van der Waals surface area contributed by atoms with Crippen molar-refractivity contribution in [2.24, 2.45) is 0 Å². The first-order chi connectivity index (χ1) is 9.78. The van der Waals surface area contributed by atoms with Crippen molar-refractivity contribution in [2.75, 3.05) is 39.8 Å². The van der Waals surface area contributed by atoms with Crippen molar-refractivity contribution in [1.29, 1.82) is 0 Å². The second-order valence-corrected chi connectivity index (χ2v) is 5.73. The van der Waals surface area contributed by atoms with Gasteiger partial charge in [0.2, 0.25) is 0 Å². The SMILES string of the molecule is CCCNCc1cccc(CN2CCCN(C)CC2)n1. The van der Waals surface area contributed by atoms with E-state index in [0.717, 1.165) is 38.4 Å². The minimum Gasteiger partial charge on any atom is -0.311 e. The third-order valence-electron chi connectivity index (χ3n) is 3.80. The maximum absolute atomic E-state index is 4.77. The van der Waals surface area contributed by atoms with Crippen LogP contribution < -0.4 is 5.32 Å². The molecule has 112 valence electrons. The van der Waals surface area contributed by atoms with E-state index in [1.54, 1.807) is 0 Å². The molecule has 1 N–H and O–H groups in total. The molecule has 0 aromatic carbocycles. The van der Waals surface area contributed by atoms with Crippen molar-refractivity contribution in [1.82, 2.24) is 20.1 Å². The van der Waals surface area contributed by atoms with Crippen LogP contribution in [-0.4, -0.2) is 54.6 Å². The van der Waals surface area contributed by atoms with Crippen molar-refractivity contribution in [3.63, 3.8) is 0 Å². The van der Waals surface area contributed by atoms with Crippen LogP contribution in [0.3, 0.4) is 0 Å². The third-order valence-corrected chi connectivity index (χ3v) is 3.80. The lowest BCUT2D eigenvalue weighted by atomic mass is 10.2. The fourth-order valence-corrected chi connectivity index (χ4v) is 2.60. The van der Waals surface area contributed by atoms with Gasteiger partial charge in [-0.1, -0.05) is 13.0 Å². The summed E-state index contributed by atoms with van der Waals surface area (Å²) in [7, 11) is 2.21. The van der Waals surface area contributed by atoms with Crippen LogP contribution in [0.25, 0.3) is 0 Å². The van der Waals surface area contributed by atoms with Crippen LogP contribution in [0.4, 0.5) is 0 Å². The van der Waals surface area contributed by atoms with E-state index in [2.05, 4.69) is 47.3 Å². The average Bonchev–Trinajstić information content (AvgIpc) is 2.65. The largest absolute Gasteiger partial charge is 0.311 e. The van der Waals surface area contributed by atoms with E-state index in [9.17, 15) is 0 Å². The summed E-state index contributed by atoms with van der Waals surface area (Å²) in [6, 6.07) is 6.40. The normalized spacial score (nSPS) is 18.1. The lowest BCUT2D eigenvalue weighted by molar-refractivity contribution is 0.266. The summed E-state index contributed by atoms with van der Waals surface area (Å²) in [5.41, 5.74) is 2.35. The summed E-state index contributed by atoms with van der Waals surface area (Å²) in [4.78, 5) is 9.71. The first-order valence-electron chi connectivity index (χ1n) is 7.84. The van der Waals surface area contributed by atoms with Gasteiger partial charge in [0, 0.05) is 26.2 Å². The number of hydrogen-bond acceptors (Lipinski definition) is 4. The Morgan fingerprint density at radius 3 is 2.85 bits per heavy atom. The average molecular weight is 276 g/mol. The Balaban J connectivity index is 1.86. The van der Waals surface area contributed by atoms with E-state index in [1.165, 1.54) is 31.6 Å². The summed E-state index contributed by atoms with van der Waals surface area (Å²) in [6.45, 7) is 9.82. The Morgan fingerprint density at radius 2 is 2.00 bits per heavy atom. The van der Waals surface area contributed by atoms with E-state index in [-0.39, 0.29) is 0 Å². The molecule has 1 aromatic rings. The molecule has 4 nitrogen and oxygen atoms in total. The Labute approximate surface area is 123 Å². The maximum Gasteiger partial charge on any atom is 0.0547 e. The summed E-state index contributed by atoms with van der Waals surface area (Å²) >= 11 is 0. The molecule has 2 rings (SSSR count). The number of aromatic nitrogens is 1. The van der Waals surface area contributed by atoms with Crippen LogP contribution in [0.15, 0.2) is 18.2 Å². The Kier molecular flexibility index (Phi) is 6.43. The molecule has 1 aliphatic rings. The number of likely N-dealkylation sites (N-methyl/N-ethyl adjacent to an activating group) is 1. The molecule has 20 heavy (non-hydrogen) atoms. The Hall–Kier alpha value is -0.970. The molecule has 4 heteroatoms. The summed E-state index contributed by atoms with van der Waals surface area (Å²) in [5.74, 6) is 0. The molecule has 0 unspecified atom stereocenters. The number of pyridine rings is 1. The van der Waals surface area contributed by atoms with E-state index in [1.807, 2.05) is 0 Å². The van der Waals surface area contributed by atoms with Gasteiger partial charge in [0.1, 0.15) is 0 Å². The fraction of sp³-hybridized carbons (Fsp3) is 0.688. The van der Waals surface area contributed by atoms with Crippen LogP contribution in [0, 0.1) is 0 Å². The first-order valence-corrected chi connectivity index (χ1v) is 7.84. The van der Waals surface area contributed by atoms with Gasteiger partial charge in [-0.3, -0.25) is 9.88 Å². The van der Waals surface area contributed by atoms with Crippen LogP contribution >= 0.6 is 0 Å². The van der Waals surface area contributed by atoms with Crippen molar-refractivity contribution >= 4 is 0 Å². The maximum atomic E-state index is 4.77. The second kappa shape index (κ2) is 8.35. The van der Waals surface area contributed by atoms with Crippen molar-refractivity contribution < 1.29 is 0 Å². The molecule has 1 fully saturated rings. The van der Waals surface area contributed by atoms with E-state index >= 15 is 0 Å². The number of hydrogen-bond donors (Lipinski definition) is 1. The molecule has 0 aliphatic carbocycles. The van der Waals surface area contributed by atoms with Crippen LogP contribution in [0.2, 0.25) is 0 Å². The highest BCUT2D eigenvalue weighted by atomic mass is 15.2. The van der Waals surface area contributed by atoms with Gasteiger partial charge in [0.25, 0.3) is 0 Å². The van der Waals surface area contributed by atoms with Gasteiger partial charge < -0.3 is 10.2 Å². The quantitative estimate of drug-likeness (QED) is 0.802. The zero-order valence-corrected chi connectivity index (χ0v) is 12.9. The monoisotopic (exact) mass is 276 g/mol. The highest BCUT2D eigenvalue weighted by molar-refractivity contribution is 5.11. The van der Waals surface area contributed by atoms with Crippen LogP contribution in [0.1, 0.15) is 31.2 Å². The minimum atomic E-state index is 0.879. The minimum absolute atomic E-state index is 0.879. The molecule has 2 heterocycles. The van der Waals surface area contributed by atoms with Crippen molar-refractivity contribution in [2.45, 2.75) is 32.9 Å². The van der Waals surface area contributed by atoms with Crippen LogP contribution in [-0.2, 0) is 13.1 Å². The number of nitrogens with one attached hydrogen (secondary N) is 1. The predicted molar refractivity (Wildman–Crippen MR) is 83.6 cm³/mol. The molecule has 1 aromatic heterocycles. The molecule has 0 bridgehead atoms. The first kappa shape index (κ1) is 15.4. The highest BCUT2D eigenvalue weighted by Crippen LogP contribution is 2.07. The van der Waals surface area contributed by atoms with Gasteiger partial charge in [-0.15, -0.1) is 0 Å². The molecule has 0 saturated carbocycles. The Bertz CT molecular complexity index is 394. The Morgan fingerprint density at radius 1 is 1.15 bits per heavy atom. The zero-order chi connectivity index (χ0) is 14.2. The molecule has 0 radical (unpaired) electrons. The fourth-order valence-electron chi connectivity index (χ4n) is 2.60. The van der Waals surface area contributed by atoms with Crippen molar-refractivity contribution in [3.05, 3.63) is 29.6 Å². The van der Waals surface area contributed by atoms with Gasteiger partial charge in [0.05, 0.1) is 11.4 Å². The van der Waals surface area contributed by atoms with Crippen LogP contribution in [0.5, 0.6) is 0 Å². The smallest absolute Gasteiger partial charge is 0.0547 e. The van der Waals surface area contributed by atoms with Gasteiger partial charge in [-0.05, 0) is 51.7 Å². The van der Waals surface area contributed by atoms with Gasteiger partial charge in [0.15, 0.2) is 0 Å². The van der Waals surface area contributed by atoms with E-state index < -0.39 is 0 Å². The van der Waals surface area contributed by atoms with Gasteiger partial charge >= 0.3 is 0 Å². The standard InChI is InChI=1S/C16H28N4/c1-3-8-17-13-15-6-4-7-16(18-15)14-20-10-5-9-19(2)11-12-20/h4,6-7,17H,3,5,8-14H2,1-2H3. The van der Waals surface area contributed by atoms with E-state index in [4.69, 9.17) is 4.98 Å². The summed E-state index contributed by atoms with van der Waals surface area (Å²) in [5, 5.41) is 3.42. The summed E-state index contributed by atoms with van der Waals surface area (Å²) in [6.07, 6.45) is 2.43. The van der Waals surface area contributed by atoms with Gasteiger partial charge in [-0.25, -0.2) is 0 Å². The number of rotatable bonds is 6. The van der Waals surface area contributed by atoms with Gasteiger partial charge in [-0.2, -0.15) is 0 Å². The molecule has 0 spiro atoms. The number of nitrogens with zero attached hydrogens (tertiary/aromatic N) is 3. The molecule has 0 amide bonds. The zero-order valence-electron chi connectivity index (χ0n) is 12.9.